The Morgan fingerprint density at radius 3 is 0.977 bits per heavy atom. The van der Waals surface area contributed by atoms with Crippen molar-refractivity contribution in [2.24, 2.45) is 0 Å². The summed E-state index contributed by atoms with van der Waals surface area (Å²) in [5, 5.41) is 29.6. The highest BCUT2D eigenvalue weighted by atomic mass is 16.6. The maximum absolute atomic E-state index is 13.5. The summed E-state index contributed by atoms with van der Waals surface area (Å²) >= 11 is 0. The third-order valence-electron chi connectivity index (χ3n) is 14.2. The monoisotopic (exact) mass is 1150 g/mol. The van der Waals surface area contributed by atoms with Crippen molar-refractivity contribution in [3.63, 3.8) is 0 Å². The number of aliphatic hydroxyl groups is 2. The number of benzene rings is 9. The van der Waals surface area contributed by atoms with E-state index in [1.54, 1.807) is 38.8 Å². The van der Waals surface area contributed by atoms with Gasteiger partial charge >= 0.3 is 0 Å². The molecular formula is C70H69N9O7. The summed E-state index contributed by atoms with van der Waals surface area (Å²) in [7, 11) is 3.85. The molecule has 3 heterocycles. The second kappa shape index (κ2) is 29.5. The molecule has 3 aromatic heterocycles. The number of aliphatic hydroxyl groups excluding tert-OH is 2. The van der Waals surface area contributed by atoms with E-state index in [1.807, 2.05) is 197 Å². The number of nitrogens with zero attached hydrogens (tertiary/aromatic N) is 7. The second-order valence-corrected chi connectivity index (χ2v) is 19.4. The molecule has 16 nitrogen and oxygen atoms in total. The Hall–Kier alpha value is -10.7. The molecule has 16 heteroatoms. The Morgan fingerprint density at radius 1 is 0.419 bits per heavy atom. The Morgan fingerprint density at radius 2 is 0.686 bits per heavy atom. The number of hydrogen-bond acceptors (Lipinski definition) is 12. The van der Waals surface area contributed by atoms with Crippen LogP contribution in [0.15, 0.2) is 251 Å². The molecule has 0 aliphatic rings. The molecule has 0 fully saturated rings. The molecule has 0 amide bonds. The van der Waals surface area contributed by atoms with E-state index in [2.05, 4.69) is 39.6 Å². The van der Waals surface area contributed by atoms with Crippen molar-refractivity contribution in [2.45, 2.75) is 46.3 Å². The first-order valence-corrected chi connectivity index (χ1v) is 27.3. The van der Waals surface area contributed by atoms with Gasteiger partial charge in [-0.1, -0.05) is 189 Å². The number of nitro benzene ring substituents is 1. The SMILES string of the molecule is C.CNc1ccc2nc(C)n(C(c3ccccc3)c3ccccc3)c(=O)c2c1.CO.CO.Cc1nc2ccc(N)cc2c(=O)n1C(c1ccccc1)c1ccccc1.Cc1nc2ccc([N+](=O)[O-])cc2c(=O)n1C(c1ccccc1)c1ccccc1. The van der Waals surface area contributed by atoms with Crippen molar-refractivity contribution in [1.82, 2.24) is 28.7 Å². The quantitative estimate of drug-likeness (QED) is 0.0539. The Kier molecular flexibility index (Phi) is 21.6. The molecule has 436 valence electrons. The van der Waals surface area contributed by atoms with E-state index in [0.717, 1.165) is 53.3 Å². The molecule has 0 atom stereocenters. The molecule has 0 spiro atoms. The van der Waals surface area contributed by atoms with Gasteiger partial charge in [-0.3, -0.25) is 38.2 Å². The number of hydrogen-bond donors (Lipinski definition) is 4. The van der Waals surface area contributed by atoms with Crippen molar-refractivity contribution in [2.75, 3.05) is 32.3 Å². The van der Waals surface area contributed by atoms with Crippen LogP contribution in [0.1, 0.15) is 76.4 Å². The number of nitro groups is 1. The molecule has 0 saturated heterocycles. The van der Waals surface area contributed by atoms with Gasteiger partial charge in [-0.25, -0.2) is 15.0 Å². The van der Waals surface area contributed by atoms with Crippen LogP contribution in [0, 0.1) is 30.9 Å². The first-order valence-electron chi connectivity index (χ1n) is 27.3. The minimum atomic E-state index is -0.505. The van der Waals surface area contributed by atoms with Crippen molar-refractivity contribution in [1.29, 1.82) is 0 Å². The highest BCUT2D eigenvalue weighted by Crippen LogP contribution is 2.31. The van der Waals surface area contributed by atoms with Crippen LogP contribution < -0.4 is 27.7 Å². The van der Waals surface area contributed by atoms with Crippen molar-refractivity contribution >= 4 is 49.8 Å². The fraction of sp³-hybridized carbons (Fsp3) is 0.143. The zero-order valence-corrected chi connectivity index (χ0v) is 47.9. The Balaban J connectivity index is 0.000000178. The Bertz CT molecular complexity index is 4260. The van der Waals surface area contributed by atoms with Crippen LogP contribution in [0.3, 0.4) is 0 Å². The topological polar surface area (TPSA) is 226 Å². The smallest absolute Gasteiger partial charge is 0.270 e. The molecule has 12 aromatic rings. The summed E-state index contributed by atoms with van der Waals surface area (Å²) in [5.41, 5.74) is 14.7. The number of rotatable bonds is 11. The summed E-state index contributed by atoms with van der Waals surface area (Å²) in [6, 6.07) is 73.9. The fourth-order valence-electron chi connectivity index (χ4n) is 10.4. The summed E-state index contributed by atoms with van der Waals surface area (Å²) in [4.78, 5) is 64.9. The van der Waals surface area contributed by atoms with Gasteiger partial charge in [-0.15, -0.1) is 0 Å². The average molecular weight is 1150 g/mol. The highest BCUT2D eigenvalue weighted by Gasteiger charge is 2.25. The maximum Gasteiger partial charge on any atom is 0.270 e. The highest BCUT2D eigenvalue weighted by molar-refractivity contribution is 5.83. The van der Waals surface area contributed by atoms with E-state index in [4.69, 9.17) is 20.9 Å². The van der Waals surface area contributed by atoms with Crippen LogP contribution in [0.5, 0.6) is 0 Å². The number of nitrogens with one attached hydrogen (secondary N) is 1. The average Bonchev–Trinajstić information content (AvgIpc) is 1.22. The minimum absolute atomic E-state index is 0. The van der Waals surface area contributed by atoms with Gasteiger partial charge in [0.25, 0.3) is 22.4 Å². The number of aryl methyl sites for hydroxylation is 3. The predicted molar refractivity (Wildman–Crippen MR) is 346 cm³/mol. The van der Waals surface area contributed by atoms with E-state index < -0.39 is 4.92 Å². The molecular weight excluding hydrogens is 1080 g/mol. The molecule has 9 aromatic carbocycles. The van der Waals surface area contributed by atoms with Crippen LogP contribution >= 0.6 is 0 Å². The third kappa shape index (κ3) is 13.9. The van der Waals surface area contributed by atoms with E-state index in [0.29, 0.717) is 50.5 Å². The van der Waals surface area contributed by atoms with Gasteiger partial charge in [-0.05, 0) is 96.6 Å². The van der Waals surface area contributed by atoms with Crippen LogP contribution in [0.4, 0.5) is 17.1 Å². The normalized spacial score (nSPS) is 10.6. The van der Waals surface area contributed by atoms with Gasteiger partial charge in [-0.2, -0.15) is 0 Å². The van der Waals surface area contributed by atoms with Crippen LogP contribution in [0.25, 0.3) is 32.7 Å². The number of non-ortho nitro benzene ring substituents is 1. The minimum Gasteiger partial charge on any atom is -0.400 e. The lowest BCUT2D eigenvalue weighted by Gasteiger charge is -2.23. The van der Waals surface area contributed by atoms with Crippen LogP contribution in [-0.4, -0.2) is 65.1 Å². The molecule has 0 bridgehead atoms. The van der Waals surface area contributed by atoms with Crippen LogP contribution in [-0.2, 0) is 0 Å². The van der Waals surface area contributed by atoms with Gasteiger partial charge < -0.3 is 21.3 Å². The molecule has 0 aliphatic carbocycles. The summed E-state index contributed by atoms with van der Waals surface area (Å²) < 4.78 is 5.16. The van der Waals surface area contributed by atoms with Gasteiger partial charge in [0.15, 0.2) is 0 Å². The molecule has 86 heavy (non-hydrogen) atoms. The molecule has 0 radical (unpaired) electrons. The lowest BCUT2D eigenvalue weighted by molar-refractivity contribution is -0.384. The lowest BCUT2D eigenvalue weighted by Crippen LogP contribution is -2.29. The van der Waals surface area contributed by atoms with Crippen LogP contribution in [0.2, 0.25) is 0 Å². The van der Waals surface area contributed by atoms with E-state index in [9.17, 15) is 24.5 Å². The zero-order valence-electron chi connectivity index (χ0n) is 47.9. The van der Waals surface area contributed by atoms with Gasteiger partial charge in [0.05, 0.1) is 55.8 Å². The molecule has 0 unspecified atom stereocenters. The second-order valence-electron chi connectivity index (χ2n) is 19.4. The standard InChI is InChI=1S/C23H21N3O.C22H17N3O3.C22H19N3O.2CH4O.CH4/c1-16-25-21-14-13-19(24-2)15-20(21)23(27)26(16)22(17-9-5-3-6-10-17)18-11-7-4-8-12-18;1-15-23-20-13-12-18(25(27)28)14-19(20)22(26)24(15)21(16-8-4-2-5-9-16)17-10-6-3-7-11-17;1-15-24-20-13-12-18(23)14-19(20)22(26)25(15)21(16-8-4-2-5-9-16)17-10-6-3-7-11-17;2*1-2;/h3-15,22,24H,1-2H3;2-14,21H,1H3;2-14,21H,23H2,1H3;2*2H,1H3;1H4. The zero-order chi connectivity index (χ0) is 60.6. The maximum atomic E-state index is 13.5. The van der Waals surface area contributed by atoms with Crippen molar-refractivity contribution < 1.29 is 15.1 Å². The summed E-state index contributed by atoms with van der Waals surface area (Å²) in [5.74, 6) is 1.91. The number of aromatic nitrogens is 6. The van der Waals surface area contributed by atoms with E-state index in [1.165, 1.54) is 18.2 Å². The summed E-state index contributed by atoms with van der Waals surface area (Å²) in [6.07, 6.45) is 0. The number of nitrogen functional groups attached to an aromatic ring is 1. The fourth-order valence-corrected chi connectivity index (χ4v) is 10.4. The Labute approximate surface area is 498 Å². The first-order chi connectivity index (χ1) is 41.4. The summed E-state index contributed by atoms with van der Waals surface area (Å²) in [6.45, 7) is 5.54. The lowest BCUT2D eigenvalue weighted by atomic mass is 9.98. The van der Waals surface area contributed by atoms with Gasteiger partial charge in [0.1, 0.15) is 17.5 Å². The molecule has 5 N–H and O–H groups in total. The molecule has 0 saturated carbocycles. The first kappa shape index (κ1) is 62.9. The van der Waals surface area contributed by atoms with Gasteiger partial charge in [0.2, 0.25) is 0 Å². The van der Waals surface area contributed by atoms with Crippen molar-refractivity contribution in [3.8, 4) is 0 Å². The molecule has 12 rings (SSSR count). The van der Waals surface area contributed by atoms with E-state index in [-0.39, 0.29) is 53.3 Å². The number of nitrogens with two attached hydrogens (primary N) is 1. The van der Waals surface area contributed by atoms with Crippen molar-refractivity contribution in [3.05, 3.63) is 329 Å². The number of fused-ring (bicyclic) bond motifs is 3. The van der Waals surface area contributed by atoms with E-state index >= 15 is 0 Å². The largest absolute Gasteiger partial charge is 0.400 e. The third-order valence-corrected chi connectivity index (χ3v) is 14.2. The number of anilines is 2. The van der Waals surface area contributed by atoms with Gasteiger partial charge in [0, 0.05) is 44.8 Å². The molecule has 0 aliphatic heterocycles. The predicted octanol–water partition coefficient (Wildman–Crippen LogP) is 12.4.